The third kappa shape index (κ3) is 5.74. The third-order valence-corrected chi connectivity index (χ3v) is 3.95. The highest BCUT2D eigenvalue weighted by Gasteiger charge is 2.26. The van der Waals surface area contributed by atoms with Gasteiger partial charge in [-0.05, 0) is 17.7 Å². The monoisotopic (exact) mass is 369 g/mol. The van der Waals surface area contributed by atoms with E-state index in [1.54, 1.807) is 20.2 Å². The zero-order valence-electron chi connectivity index (χ0n) is 16.3. The van der Waals surface area contributed by atoms with Gasteiger partial charge in [0.25, 0.3) is 5.91 Å². The molecule has 0 spiro atoms. The molecule has 0 fully saturated rings. The van der Waals surface area contributed by atoms with Gasteiger partial charge in [-0.1, -0.05) is 61.5 Å². The Morgan fingerprint density at radius 2 is 1.70 bits per heavy atom. The van der Waals surface area contributed by atoms with Crippen LogP contribution in [-0.2, 0) is 16.2 Å². The molecule has 6 nitrogen and oxygen atoms in total. The zero-order valence-corrected chi connectivity index (χ0v) is 16.3. The fourth-order valence-corrected chi connectivity index (χ4v) is 2.41. The van der Waals surface area contributed by atoms with Crippen LogP contribution in [-0.4, -0.2) is 36.8 Å². The van der Waals surface area contributed by atoms with Gasteiger partial charge in [-0.2, -0.15) is 0 Å². The molecule has 6 heteroatoms. The van der Waals surface area contributed by atoms with Crippen molar-refractivity contribution in [3.8, 4) is 5.75 Å². The molecule has 0 saturated carbocycles. The third-order valence-electron chi connectivity index (χ3n) is 3.95. The maximum Gasteiger partial charge on any atom is 0.266 e. The number of hydrogen-bond acceptors (Lipinski definition) is 4. The Morgan fingerprint density at radius 3 is 2.33 bits per heavy atom. The Kier molecular flexibility index (Phi) is 7.23. The molecule has 0 aromatic heterocycles. The van der Waals surface area contributed by atoms with Crippen LogP contribution in [0.1, 0.15) is 25.0 Å². The first kappa shape index (κ1) is 20.3. The van der Waals surface area contributed by atoms with Crippen LogP contribution in [0.15, 0.2) is 59.8 Å². The van der Waals surface area contributed by atoms with Gasteiger partial charge in [0.1, 0.15) is 12.4 Å². The first-order valence-electron chi connectivity index (χ1n) is 8.86. The molecule has 0 aliphatic heterocycles. The first-order chi connectivity index (χ1) is 12.9. The second kappa shape index (κ2) is 9.62. The fraction of sp³-hybridized carbons (Fsp3) is 0.333. The van der Waals surface area contributed by atoms with Crippen molar-refractivity contribution in [1.29, 1.82) is 0 Å². The lowest BCUT2D eigenvalue weighted by atomic mass is 10.1. The highest BCUT2D eigenvalue weighted by atomic mass is 16.6. The van der Waals surface area contributed by atoms with Crippen LogP contribution < -0.4 is 10.5 Å². The smallest absolute Gasteiger partial charge is 0.266 e. The Labute approximate surface area is 160 Å². The van der Waals surface area contributed by atoms with Crippen LogP contribution in [0, 0.1) is 5.92 Å². The average molecular weight is 369 g/mol. The van der Waals surface area contributed by atoms with Gasteiger partial charge in [-0.25, -0.2) is 0 Å². The maximum absolute atomic E-state index is 12.2. The number of amidine groups is 1. The van der Waals surface area contributed by atoms with Crippen LogP contribution >= 0.6 is 0 Å². The molecule has 2 aromatic rings. The first-order valence-corrected chi connectivity index (χ1v) is 8.86. The number of oxime groups is 1. The van der Waals surface area contributed by atoms with E-state index < -0.39 is 6.10 Å². The number of likely N-dealkylation sites (N-methyl/N-ethyl adjacent to an activating group) is 1. The second-order valence-electron chi connectivity index (χ2n) is 6.75. The van der Waals surface area contributed by atoms with Crippen molar-refractivity contribution in [2.45, 2.75) is 26.6 Å². The standard InChI is InChI=1S/C21H27N3O3/c1-15(2)19(21(25)24(3)4)27-23-20(22)17-12-8-9-13-18(17)26-14-16-10-6-5-7-11-16/h5-13,15,19H,14H2,1-4H3,(H2,22,23). The van der Waals surface area contributed by atoms with Crippen LogP contribution in [0.25, 0.3) is 0 Å². The number of carbonyl (C=O) groups is 1. The summed E-state index contributed by atoms with van der Waals surface area (Å²) in [7, 11) is 3.36. The molecular formula is C21H27N3O3. The van der Waals surface area contributed by atoms with Gasteiger partial charge >= 0.3 is 0 Å². The normalized spacial score (nSPS) is 12.6. The van der Waals surface area contributed by atoms with Gasteiger partial charge in [0.05, 0.1) is 5.56 Å². The number of hydrogen-bond donors (Lipinski definition) is 1. The Morgan fingerprint density at radius 1 is 1.07 bits per heavy atom. The predicted octanol–water partition coefficient (Wildman–Crippen LogP) is 3.02. The number of nitrogens with zero attached hydrogens (tertiary/aromatic N) is 2. The van der Waals surface area contributed by atoms with Crippen LogP contribution in [0.2, 0.25) is 0 Å². The number of rotatable bonds is 8. The SMILES string of the molecule is CC(C)C(O/N=C(\N)c1ccccc1OCc1ccccc1)C(=O)N(C)C. The minimum Gasteiger partial charge on any atom is -0.488 e. The number of amides is 1. The lowest BCUT2D eigenvalue weighted by Crippen LogP contribution is -2.38. The number of nitrogens with two attached hydrogens (primary N) is 1. The summed E-state index contributed by atoms with van der Waals surface area (Å²) in [5.41, 5.74) is 7.78. The molecule has 0 radical (unpaired) electrons. The summed E-state index contributed by atoms with van der Waals surface area (Å²) in [6.07, 6.45) is -0.698. The van der Waals surface area contributed by atoms with E-state index in [-0.39, 0.29) is 17.7 Å². The van der Waals surface area contributed by atoms with E-state index >= 15 is 0 Å². The Hall–Kier alpha value is -3.02. The van der Waals surface area contributed by atoms with E-state index in [1.165, 1.54) is 4.90 Å². The quantitative estimate of drug-likeness (QED) is 0.441. The van der Waals surface area contributed by atoms with Crippen molar-refractivity contribution < 1.29 is 14.4 Å². The van der Waals surface area contributed by atoms with Crippen molar-refractivity contribution in [3.05, 3.63) is 65.7 Å². The molecule has 27 heavy (non-hydrogen) atoms. The number of ether oxygens (including phenoxy) is 1. The van der Waals surface area contributed by atoms with Crippen molar-refractivity contribution in [2.24, 2.45) is 16.8 Å². The minimum atomic E-state index is -0.698. The highest BCUT2D eigenvalue weighted by Crippen LogP contribution is 2.20. The molecule has 144 valence electrons. The van der Waals surface area contributed by atoms with Crippen molar-refractivity contribution in [2.75, 3.05) is 14.1 Å². The summed E-state index contributed by atoms with van der Waals surface area (Å²) >= 11 is 0. The largest absolute Gasteiger partial charge is 0.488 e. The van der Waals surface area contributed by atoms with Gasteiger partial charge in [0.2, 0.25) is 6.10 Å². The molecule has 2 aromatic carbocycles. The molecule has 0 bridgehead atoms. The summed E-state index contributed by atoms with van der Waals surface area (Å²) in [5, 5.41) is 4.00. The zero-order chi connectivity index (χ0) is 19.8. The summed E-state index contributed by atoms with van der Waals surface area (Å²) in [4.78, 5) is 19.2. The highest BCUT2D eigenvalue weighted by molar-refractivity contribution is 5.99. The predicted molar refractivity (Wildman–Crippen MR) is 106 cm³/mol. The Bertz CT molecular complexity index is 773. The van der Waals surface area contributed by atoms with Gasteiger partial charge < -0.3 is 20.2 Å². The van der Waals surface area contributed by atoms with Gasteiger partial charge in [0, 0.05) is 20.0 Å². The van der Waals surface area contributed by atoms with E-state index in [2.05, 4.69) is 5.16 Å². The number of benzene rings is 2. The van der Waals surface area contributed by atoms with Crippen LogP contribution in [0.4, 0.5) is 0 Å². The van der Waals surface area contributed by atoms with Crippen LogP contribution in [0.5, 0.6) is 5.75 Å². The molecule has 1 amide bonds. The summed E-state index contributed by atoms with van der Waals surface area (Å²) in [6.45, 7) is 4.21. The molecule has 2 N–H and O–H groups in total. The molecule has 0 saturated heterocycles. The van der Waals surface area contributed by atoms with Gasteiger partial charge in [-0.15, -0.1) is 0 Å². The van der Waals surface area contributed by atoms with E-state index in [9.17, 15) is 4.79 Å². The average Bonchev–Trinajstić information content (AvgIpc) is 2.67. The van der Waals surface area contributed by atoms with Crippen molar-refractivity contribution in [3.63, 3.8) is 0 Å². The topological polar surface area (TPSA) is 77.1 Å². The Balaban J connectivity index is 2.14. The molecular weight excluding hydrogens is 342 g/mol. The van der Waals surface area contributed by atoms with Crippen LogP contribution in [0.3, 0.4) is 0 Å². The van der Waals surface area contributed by atoms with E-state index in [0.717, 1.165) is 5.56 Å². The van der Waals surface area contributed by atoms with E-state index in [1.807, 2.05) is 62.4 Å². The van der Waals surface area contributed by atoms with E-state index in [0.29, 0.717) is 17.9 Å². The van der Waals surface area contributed by atoms with Crippen molar-refractivity contribution in [1.82, 2.24) is 4.90 Å². The number of para-hydroxylation sites is 1. The number of carbonyl (C=O) groups excluding carboxylic acids is 1. The van der Waals surface area contributed by atoms with E-state index in [4.69, 9.17) is 15.3 Å². The molecule has 2 rings (SSSR count). The summed E-state index contributed by atoms with van der Waals surface area (Å²) < 4.78 is 5.89. The van der Waals surface area contributed by atoms with Gasteiger partial charge in [-0.3, -0.25) is 4.79 Å². The summed E-state index contributed by atoms with van der Waals surface area (Å²) in [6, 6.07) is 17.2. The molecule has 0 aliphatic rings. The van der Waals surface area contributed by atoms with Crippen molar-refractivity contribution >= 4 is 11.7 Å². The lowest BCUT2D eigenvalue weighted by Gasteiger charge is -2.21. The lowest BCUT2D eigenvalue weighted by molar-refractivity contribution is -0.144. The molecule has 1 unspecified atom stereocenters. The van der Waals surface area contributed by atoms with Gasteiger partial charge in [0.15, 0.2) is 5.84 Å². The maximum atomic E-state index is 12.2. The minimum absolute atomic E-state index is 0.0407. The summed E-state index contributed by atoms with van der Waals surface area (Å²) in [5.74, 6) is 0.568. The molecule has 0 aliphatic carbocycles. The molecule has 0 heterocycles. The molecule has 1 atom stereocenters. The second-order valence-corrected chi connectivity index (χ2v) is 6.75. The fourth-order valence-electron chi connectivity index (χ4n) is 2.41.